The molecule has 0 aromatic carbocycles. The molecule has 490 valence electrons. The minimum atomic E-state index is -1.93. The van der Waals surface area contributed by atoms with Gasteiger partial charge in [0.05, 0.1) is 44.1 Å². The molecule has 0 radical (unpaired) electrons. The Labute approximate surface area is 500 Å². The Balaban J connectivity index is 0.858. The van der Waals surface area contributed by atoms with Gasteiger partial charge in [-0.25, -0.2) is 0 Å². The van der Waals surface area contributed by atoms with E-state index in [0.29, 0.717) is 38.5 Å². The predicted octanol–water partition coefficient (Wildman–Crippen LogP) is -0.744. The summed E-state index contributed by atoms with van der Waals surface area (Å²) in [5.74, 6) is -0.507. The molecule has 4 aliphatic carbocycles. The molecule has 0 bridgehead atoms. The Bertz CT molecular complexity index is 2430. The van der Waals surface area contributed by atoms with E-state index in [1.807, 2.05) is 13.8 Å². The van der Waals surface area contributed by atoms with Gasteiger partial charge in [0.2, 0.25) is 0 Å². The highest BCUT2D eigenvalue weighted by Gasteiger charge is 2.76. The van der Waals surface area contributed by atoms with Crippen molar-refractivity contribution in [2.24, 2.45) is 39.4 Å². The van der Waals surface area contributed by atoms with E-state index in [1.54, 1.807) is 0 Å². The van der Waals surface area contributed by atoms with Gasteiger partial charge in [0.1, 0.15) is 109 Å². The second-order valence-corrected chi connectivity index (χ2v) is 27.5. The van der Waals surface area contributed by atoms with Crippen LogP contribution in [0.4, 0.5) is 0 Å². The molecule has 10 rings (SSSR count). The second-order valence-electron chi connectivity index (χ2n) is 27.5. The molecule has 20 unspecified atom stereocenters. The summed E-state index contributed by atoms with van der Waals surface area (Å²) in [6.45, 7) is 17.8. The zero-order valence-electron chi connectivity index (χ0n) is 50.6. The van der Waals surface area contributed by atoms with E-state index in [0.717, 1.165) is 24.8 Å². The lowest BCUT2D eigenvalue weighted by Crippen LogP contribution is -2.66. The second kappa shape index (κ2) is 25.2. The summed E-state index contributed by atoms with van der Waals surface area (Å²) in [7, 11) is 1.28. The van der Waals surface area contributed by atoms with E-state index in [-0.39, 0.29) is 35.7 Å². The van der Waals surface area contributed by atoms with Gasteiger partial charge in [-0.3, -0.25) is 9.59 Å². The summed E-state index contributed by atoms with van der Waals surface area (Å²) < 4.78 is 78.1. The highest BCUT2D eigenvalue weighted by Crippen LogP contribution is 2.76. The molecule has 10 aliphatic rings. The van der Waals surface area contributed by atoms with E-state index in [9.17, 15) is 65.8 Å². The molecule has 31 atom stereocenters. The molecule has 1 spiro atoms. The van der Waals surface area contributed by atoms with Gasteiger partial charge in [-0.1, -0.05) is 44.9 Å². The number of methoxy groups -OCH3 is 1. The van der Waals surface area contributed by atoms with Crippen LogP contribution < -0.4 is 0 Å². The smallest absolute Gasteiger partial charge is 0.313 e. The molecule has 26 nitrogen and oxygen atoms in total. The molecule has 6 aliphatic heterocycles. The average Bonchev–Trinajstić information content (AvgIpc) is 1.46. The number of rotatable bonds is 17. The lowest BCUT2D eigenvalue weighted by Gasteiger charge is -2.64. The first kappa shape index (κ1) is 66.5. The molecule has 6 saturated heterocycles. The van der Waals surface area contributed by atoms with Gasteiger partial charge < -0.3 is 118 Å². The first-order valence-electron chi connectivity index (χ1n) is 30.6. The molecule has 26 heteroatoms. The third kappa shape index (κ3) is 11.5. The number of hydrogen-bond acceptors (Lipinski definition) is 26. The Morgan fingerprint density at radius 3 is 1.93 bits per heavy atom. The first-order valence-corrected chi connectivity index (χ1v) is 30.6. The summed E-state index contributed by atoms with van der Waals surface area (Å²) in [4.78, 5) is 26.9. The van der Waals surface area contributed by atoms with Crippen molar-refractivity contribution in [1.29, 1.82) is 0 Å². The van der Waals surface area contributed by atoms with E-state index in [2.05, 4.69) is 40.3 Å². The van der Waals surface area contributed by atoms with Crippen LogP contribution in [-0.2, 0) is 71.2 Å². The largest absolute Gasteiger partial charge is 0.462 e. The van der Waals surface area contributed by atoms with Crippen LogP contribution in [0.2, 0.25) is 0 Å². The molecular weight excluding hydrogens is 1140 g/mol. The Kier molecular flexibility index (Phi) is 19.5. The van der Waals surface area contributed by atoms with Crippen molar-refractivity contribution in [3.63, 3.8) is 0 Å². The van der Waals surface area contributed by atoms with Crippen molar-refractivity contribution in [3.8, 4) is 0 Å². The van der Waals surface area contributed by atoms with Crippen LogP contribution in [0.3, 0.4) is 0 Å². The van der Waals surface area contributed by atoms with Gasteiger partial charge in [-0.05, 0) is 88.4 Å². The summed E-state index contributed by atoms with van der Waals surface area (Å²) in [5, 5.41) is 121. The highest BCUT2D eigenvalue weighted by molar-refractivity contribution is 5.83. The van der Waals surface area contributed by atoms with Crippen LogP contribution in [0, 0.1) is 39.4 Å². The molecule has 6 heterocycles. The number of aliphatic hydroxyl groups is 11. The third-order valence-corrected chi connectivity index (χ3v) is 21.8. The summed E-state index contributed by atoms with van der Waals surface area (Å²) in [6, 6.07) is 0. The minimum absolute atomic E-state index is 0.0392. The van der Waals surface area contributed by atoms with Gasteiger partial charge in [0.15, 0.2) is 31.5 Å². The lowest BCUT2D eigenvalue weighted by atomic mass is 9.41. The van der Waals surface area contributed by atoms with Crippen LogP contribution >= 0.6 is 0 Å². The number of esters is 2. The molecule has 9 fully saturated rings. The SMILES string of the molecule is C=C(C)CC(CC1(C)OC(=O)C23CC[C@@H]4C(=CCC5C(C)(C)C(O[C@@H]6OC[C@@H](O[C@@H]7OC(CO)[C@@H](O)C(O)C7O)C(O)C6O[C@@H]6OC(C)[C@@H](O[C@@H]7OC[C@@H](O)C(O[C@@H]8OC[C@@H](O)C(OC)C8O)C7O)C(O)C6O)CCC54C)C2(C)CCC13)OC(C)=O. The zero-order chi connectivity index (χ0) is 62.5. The molecule has 0 aromatic rings. The fraction of sp³-hybridized carbons (Fsp3) is 0.900. The van der Waals surface area contributed by atoms with Crippen molar-refractivity contribution in [3.05, 3.63) is 23.8 Å². The molecule has 0 amide bonds. The van der Waals surface area contributed by atoms with Crippen LogP contribution in [0.15, 0.2) is 23.8 Å². The van der Waals surface area contributed by atoms with Crippen molar-refractivity contribution < 1.29 is 127 Å². The molecule has 3 saturated carbocycles. The quantitative estimate of drug-likeness (QED) is 0.0631. The minimum Gasteiger partial charge on any atom is -0.462 e. The topological polar surface area (TPSA) is 377 Å². The van der Waals surface area contributed by atoms with E-state index < -0.39 is 195 Å². The van der Waals surface area contributed by atoms with Gasteiger partial charge in [0.25, 0.3) is 0 Å². The number of ether oxygens (including phenoxy) is 13. The fourth-order valence-corrected chi connectivity index (χ4v) is 17.4. The van der Waals surface area contributed by atoms with Crippen LogP contribution in [0.25, 0.3) is 0 Å². The maximum atomic E-state index is 14.7. The maximum absolute atomic E-state index is 14.7. The summed E-state index contributed by atoms with van der Waals surface area (Å²) in [5.41, 5.74) is -0.754. The third-order valence-electron chi connectivity index (χ3n) is 21.8. The normalized spacial score (nSPS) is 51.3. The molecule has 11 N–H and O–H groups in total. The number of hydrogen-bond donors (Lipinski definition) is 11. The van der Waals surface area contributed by atoms with Gasteiger partial charge >= 0.3 is 11.9 Å². The standard InChI is InChI=1S/C60H94O26/c1-25(2)19-28(79-27(4)62)20-59(9)36-14-17-58(8)30-11-12-35-56(5,6)37(15-16-57(35,7)29(30)13-18-60(36,58)55(73)86-59)82-54-49(39(66)34(24-77-54)81-53-42(69)40(67)38(65)33(21-61)80-53)85-52-43(70)41(68)46(26(3)78-52)83-51-45(72)48(32(64)23-76-51)84-50-44(71)47(74-10)31(63)22-75-50/h11,26,28-29,31-54,61,63-72H,1,12-24H2,2-10H3/t26?,28?,29-,31-,32-,33?,34-,35?,36?,37?,38-,39?,40?,41?,42?,43?,44?,45?,46-,47?,48?,49?,50+,51+,52+,53+,54+,57?,58?,59?,60?/m1/s1. The average molecular weight is 1230 g/mol. The number of carbonyl (C=O) groups is 2. The zero-order valence-corrected chi connectivity index (χ0v) is 50.6. The van der Waals surface area contributed by atoms with Gasteiger partial charge in [0, 0.05) is 38.2 Å². The van der Waals surface area contributed by atoms with Crippen molar-refractivity contribution in [1.82, 2.24) is 0 Å². The van der Waals surface area contributed by atoms with Crippen molar-refractivity contribution >= 4 is 11.9 Å². The maximum Gasteiger partial charge on any atom is 0.313 e. The van der Waals surface area contributed by atoms with Crippen molar-refractivity contribution in [2.75, 3.05) is 33.5 Å². The first-order chi connectivity index (χ1) is 40.5. The number of carbonyl (C=O) groups excluding carboxylic acids is 2. The van der Waals surface area contributed by atoms with Crippen LogP contribution in [0.5, 0.6) is 0 Å². The number of allylic oxidation sites excluding steroid dienone is 2. The van der Waals surface area contributed by atoms with Gasteiger partial charge in [-0.2, -0.15) is 0 Å². The van der Waals surface area contributed by atoms with E-state index in [1.165, 1.54) is 26.5 Å². The van der Waals surface area contributed by atoms with Gasteiger partial charge in [-0.15, -0.1) is 6.58 Å². The van der Waals surface area contributed by atoms with Crippen LogP contribution in [0.1, 0.15) is 113 Å². The molecule has 86 heavy (non-hydrogen) atoms. The van der Waals surface area contributed by atoms with Crippen molar-refractivity contribution in [2.45, 2.75) is 266 Å². The number of cyclic esters (lactones) is 1. The predicted molar refractivity (Wildman–Crippen MR) is 292 cm³/mol. The summed E-state index contributed by atoms with van der Waals surface area (Å²) >= 11 is 0. The monoisotopic (exact) mass is 1230 g/mol. The number of aliphatic hydroxyl groups excluding tert-OH is 11. The fourth-order valence-electron chi connectivity index (χ4n) is 17.4. The highest BCUT2D eigenvalue weighted by atomic mass is 16.8. The number of fused-ring (bicyclic) bond motifs is 4. The molecule has 0 aromatic heterocycles. The Morgan fingerprint density at radius 1 is 0.663 bits per heavy atom. The van der Waals surface area contributed by atoms with Crippen LogP contribution in [-0.4, -0.2) is 255 Å². The molecular formula is C60H94O26. The lowest BCUT2D eigenvalue weighted by molar-refractivity contribution is -0.389. The Morgan fingerprint density at radius 2 is 1.28 bits per heavy atom. The van der Waals surface area contributed by atoms with E-state index >= 15 is 0 Å². The van der Waals surface area contributed by atoms with E-state index in [4.69, 9.17) is 61.6 Å². The Hall–Kier alpha value is -2.46. The summed E-state index contributed by atoms with van der Waals surface area (Å²) in [6.07, 6.45) is -27.1.